The van der Waals surface area contributed by atoms with E-state index in [4.69, 9.17) is 34.8 Å². The van der Waals surface area contributed by atoms with Gasteiger partial charge in [0, 0.05) is 42.5 Å². The predicted octanol–water partition coefficient (Wildman–Crippen LogP) is 5.62. The first kappa shape index (κ1) is 26.5. The maximum Gasteiger partial charge on any atom is 0.400 e. The maximum atomic E-state index is 14.7. The Hall–Kier alpha value is -1.55. The van der Waals surface area contributed by atoms with Gasteiger partial charge in [-0.1, -0.05) is 23.7 Å². The summed E-state index contributed by atoms with van der Waals surface area (Å²) in [4.78, 5) is 16.7. The van der Waals surface area contributed by atoms with Crippen molar-refractivity contribution >= 4 is 57.2 Å². The van der Waals surface area contributed by atoms with Gasteiger partial charge in [0.15, 0.2) is 0 Å². The molecule has 1 saturated heterocycles. The highest BCUT2D eigenvalue weighted by atomic mass is 35.5. The molecule has 1 heterocycles. The van der Waals surface area contributed by atoms with Crippen molar-refractivity contribution in [3.63, 3.8) is 0 Å². The number of carbonyl (C=O) groups excluding carboxylic acids is 1. The van der Waals surface area contributed by atoms with E-state index in [1.807, 2.05) is 0 Å². The van der Waals surface area contributed by atoms with Gasteiger partial charge in [0.25, 0.3) is 0 Å². The van der Waals surface area contributed by atoms with Crippen molar-refractivity contribution in [1.29, 1.82) is 0 Å². The Morgan fingerprint density at radius 2 is 1.66 bits per heavy atom. The number of hydrogen-bond acceptors (Lipinski definition) is 3. The van der Waals surface area contributed by atoms with Crippen LogP contribution in [0.1, 0.15) is 17.5 Å². The summed E-state index contributed by atoms with van der Waals surface area (Å²) in [6.45, 7) is 2.33. The van der Waals surface area contributed by atoms with Gasteiger partial charge in [0.05, 0.1) is 16.5 Å². The highest BCUT2D eigenvalue weighted by Gasteiger charge is 2.73. The molecule has 2 aromatic carbocycles. The van der Waals surface area contributed by atoms with Crippen molar-refractivity contribution in [3.8, 4) is 0 Å². The molecule has 2 fully saturated rings. The number of aryl methyl sites for hydroxylation is 1. The van der Waals surface area contributed by atoms with Crippen LogP contribution in [-0.4, -0.2) is 57.5 Å². The lowest BCUT2D eigenvalue weighted by atomic mass is 9.93. The summed E-state index contributed by atoms with van der Waals surface area (Å²) < 4.78 is 63.9. The molecule has 0 N–H and O–H groups in total. The zero-order chi connectivity index (χ0) is 25.8. The van der Waals surface area contributed by atoms with Gasteiger partial charge in [-0.2, -0.15) is 13.2 Å². The van der Waals surface area contributed by atoms with Crippen LogP contribution in [0, 0.1) is 12.7 Å². The third-order valence-corrected chi connectivity index (χ3v) is 9.07. The van der Waals surface area contributed by atoms with Crippen LogP contribution in [0.5, 0.6) is 0 Å². The van der Waals surface area contributed by atoms with Crippen LogP contribution < -0.4 is 4.90 Å². The fraction of sp³-hybridized carbons (Fsp3) is 0.435. The second-order valence-electron chi connectivity index (χ2n) is 8.75. The van der Waals surface area contributed by atoms with Crippen LogP contribution in [0.15, 0.2) is 41.3 Å². The van der Waals surface area contributed by atoms with Crippen LogP contribution in [0.3, 0.4) is 0 Å². The third-order valence-electron chi connectivity index (χ3n) is 6.38. The summed E-state index contributed by atoms with van der Waals surface area (Å²) in [6.07, 6.45) is -4.37. The monoisotopic (exact) mass is 570 g/mol. The molecule has 1 aliphatic heterocycles. The molecule has 1 aliphatic carbocycles. The zero-order valence-electron chi connectivity index (χ0n) is 18.5. The van der Waals surface area contributed by atoms with E-state index in [2.05, 4.69) is 0 Å². The van der Waals surface area contributed by atoms with E-state index in [1.165, 1.54) is 13.0 Å². The highest BCUT2D eigenvalue weighted by molar-refractivity contribution is 7.85. The molecular formula is C23H21Cl3F4N2O2S. The summed E-state index contributed by atoms with van der Waals surface area (Å²) in [5, 5.41) is 0.510. The second-order valence-corrected chi connectivity index (χ2v) is 12.1. The first-order chi connectivity index (χ1) is 16.2. The van der Waals surface area contributed by atoms with E-state index < -0.39 is 38.3 Å². The molecule has 4 rings (SSSR count). The first-order valence-corrected chi connectivity index (χ1v) is 13.1. The van der Waals surface area contributed by atoms with Gasteiger partial charge in [-0.25, -0.2) is 4.39 Å². The van der Waals surface area contributed by atoms with E-state index in [0.29, 0.717) is 10.6 Å². The van der Waals surface area contributed by atoms with Crippen molar-refractivity contribution in [2.45, 2.75) is 34.2 Å². The summed E-state index contributed by atoms with van der Waals surface area (Å²) in [7, 11) is -2.36. The minimum atomic E-state index is -4.61. The van der Waals surface area contributed by atoms with Crippen molar-refractivity contribution in [1.82, 2.24) is 4.90 Å². The molecule has 1 saturated carbocycles. The average molecular weight is 572 g/mol. The van der Waals surface area contributed by atoms with Crippen LogP contribution >= 0.6 is 34.8 Å². The van der Waals surface area contributed by atoms with Crippen molar-refractivity contribution in [3.05, 3.63) is 58.4 Å². The Labute approximate surface area is 217 Å². The molecule has 2 atom stereocenters. The SMILES string of the molecule is Cc1cc(F)c(N2CCN(C(=O)C3(c4ccc(Cl)cc4)CC3(Cl)Cl)CC2)cc1S(=O)CC(F)(F)F. The Kier molecular flexibility index (Phi) is 7.12. The van der Waals surface area contributed by atoms with Gasteiger partial charge >= 0.3 is 6.18 Å². The van der Waals surface area contributed by atoms with Crippen molar-refractivity contribution in [2.24, 2.45) is 0 Å². The Bertz CT molecular complexity index is 1170. The highest BCUT2D eigenvalue weighted by Crippen LogP contribution is 2.65. The van der Waals surface area contributed by atoms with E-state index in [1.54, 1.807) is 34.1 Å². The number of hydrogen-bond donors (Lipinski definition) is 0. The third kappa shape index (κ3) is 5.15. The van der Waals surface area contributed by atoms with Gasteiger partial charge in [-0.3, -0.25) is 9.00 Å². The molecule has 0 aromatic heterocycles. The molecular weight excluding hydrogens is 551 g/mol. The van der Waals surface area contributed by atoms with Gasteiger partial charge in [0.1, 0.15) is 21.3 Å². The van der Waals surface area contributed by atoms with Gasteiger partial charge < -0.3 is 9.80 Å². The minimum Gasteiger partial charge on any atom is -0.366 e. The summed E-state index contributed by atoms with van der Waals surface area (Å²) >= 11 is 18.8. The van der Waals surface area contributed by atoms with E-state index in [9.17, 15) is 26.6 Å². The number of piperazine rings is 1. The smallest absolute Gasteiger partial charge is 0.366 e. The van der Waals surface area contributed by atoms with Crippen molar-refractivity contribution < 1.29 is 26.6 Å². The molecule has 12 heteroatoms. The predicted molar refractivity (Wildman–Crippen MR) is 129 cm³/mol. The summed E-state index contributed by atoms with van der Waals surface area (Å²) in [5.41, 5.74) is -0.224. The Balaban J connectivity index is 1.51. The van der Waals surface area contributed by atoms with E-state index in [0.717, 1.165) is 6.07 Å². The largest absolute Gasteiger partial charge is 0.400 e. The number of halogens is 7. The number of rotatable bonds is 5. The lowest BCUT2D eigenvalue weighted by Gasteiger charge is -2.38. The number of anilines is 1. The van der Waals surface area contributed by atoms with Gasteiger partial charge in [-0.15, -0.1) is 23.2 Å². The number of benzene rings is 2. The lowest BCUT2D eigenvalue weighted by Crippen LogP contribution is -2.52. The number of nitrogens with zero attached hydrogens (tertiary/aromatic N) is 2. The molecule has 0 radical (unpaired) electrons. The Morgan fingerprint density at radius 1 is 1.09 bits per heavy atom. The number of carbonyl (C=O) groups is 1. The number of alkyl halides is 5. The fourth-order valence-corrected chi connectivity index (χ4v) is 6.49. The zero-order valence-corrected chi connectivity index (χ0v) is 21.6. The molecule has 0 bridgehead atoms. The quantitative estimate of drug-likeness (QED) is 0.346. The van der Waals surface area contributed by atoms with E-state index in [-0.39, 0.29) is 54.7 Å². The van der Waals surface area contributed by atoms with Crippen LogP contribution in [0.25, 0.3) is 0 Å². The molecule has 2 unspecified atom stereocenters. The summed E-state index contributed by atoms with van der Waals surface area (Å²) in [5.74, 6) is -2.39. The van der Waals surface area contributed by atoms with E-state index >= 15 is 0 Å². The number of amides is 1. The van der Waals surface area contributed by atoms with Crippen LogP contribution in [0.4, 0.5) is 23.2 Å². The topological polar surface area (TPSA) is 40.6 Å². The standard InChI is InChI=1S/C23H21Cl3F4N2O2S/c1-14-10-17(27)18(11-19(14)35(34)13-23(28,29)30)31-6-8-32(9-7-31)20(33)21(12-22(21,25)26)15-2-4-16(24)5-3-15/h2-5,10-11H,6-9,12-13H2,1H3. The minimum absolute atomic E-state index is 0.0519. The van der Waals surface area contributed by atoms with Gasteiger partial charge in [0.2, 0.25) is 5.91 Å². The first-order valence-electron chi connectivity index (χ1n) is 10.7. The average Bonchev–Trinajstić information content (AvgIpc) is 3.35. The van der Waals surface area contributed by atoms with Crippen LogP contribution in [0.2, 0.25) is 5.02 Å². The molecule has 190 valence electrons. The Morgan fingerprint density at radius 3 is 2.17 bits per heavy atom. The van der Waals surface area contributed by atoms with Crippen molar-refractivity contribution in [2.75, 3.05) is 36.8 Å². The molecule has 2 aromatic rings. The van der Waals surface area contributed by atoms with Gasteiger partial charge in [-0.05, 0) is 42.3 Å². The molecule has 0 spiro atoms. The molecule has 2 aliphatic rings. The van der Waals surface area contributed by atoms with Crippen LogP contribution in [-0.2, 0) is 21.0 Å². The summed E-state index contributed by atoms with van der Waals surface area (Å²) in [6, 6.07) is 9.05. The normalized spacial score (nSPS) is 22.7. The second kappa shape index (κ2) is 9.39. The molecule has 1 amide bonds. The molecule has 35 heavy (non-hydrogen) atoms. The fourth-order valence-electron chi connectivity index (χ4n) is 4.47. The lowest BCUT2D eigenvalue weighted by molar-refractivity contribution is -0.134. The molecule has 4 nitrogen and oxygen atoms in total. The maximum absolute atomic E-state index is 14.7.